The van der Waals surface area contributed by atoms with E-state index < -0.39 is 5.82 Å². The predicted octanol–water partition coefficient (Wildman–Crippen LogP) is 8.19. The number of amides is 1. The van der Waals surface area contributed by atoms with E-state index in [-0.39, 0.29) is 10.9 Å². The lowest BCUT2D eigenvalue weighted by molar-refractivity contribution is -0.113. The number of carbonyl (C=O) groups excluding carboxylic acids is 1. The van der Waals surface area contributed by atoms with Crippen LogP contribution in [0.2, 0.25) is 15.1 Å². The van der Waals surface area contributed by atoms with Crippen molar-refractivity contribution in [3.8, 4) is 0 Å². The second-order valence-electron chi connectivity index (χ2n) is 7.55. The Hall–Kier alpha value is -2.35. The number of carbonyl (C=O) groups is 1. The minimum atomic E-state index is -0.558. The number of benzene rings is 3. The Bertz CT molecular complexity index is 1500. The molecule has 170 valence electrons. The molecule has 1 saturated heterocycles. The van der Waals surface area contributed by atoms with Gasteiger partial charge in [0.15, 0.2) is 4.32 Å². The molecule has 0 unspecified atom stereocenters. The highest BCUT2D eigenvalue weighted by molar-refractivity contribution is 8.27. The van der Waals surface area contributed by atoms with Gasteiger partial charge in [-0.2, -0.15) is 0 Å². The largest absolute Gasteiger partial charge is 0.342 e. The fraction of sp³-hybridized carbons (Fsp3) is 0.0400. The van der Waals surface area contributed by atoms with Crippen molar-refractivity contribution in [1.29, 1.82) is 0 Å². The van der Waals surface area contributed by atoms with Gasteiger partial charge in [0.2, 0.25) is 0 Å². The van der Waals surface area contributed by atoms with Gasteiger partial charge in [0.05, 0.1) is 22.2 Å². The summed E-state index contributed by atoms with van der Waals surface area (Å²) in [6, 6.07) is 17.4. The van der Waals surface area contributed by atoms with Crippen molar-refractivity contribution in [3.05, 3.63) is 104 Å². The molecule has 0 atom stereocenters. The molecule has 2 heterocycles. The van der Waals surface area contributed by atoms with Crippen LogP contribution in [-0.2, 0) is 11.3 Å². The quantitative estimate of drug-likeness (QED) is 0.190. The van der Waals surface area contributed by atoms with Gasteiger partial charge < -0.3 is 4.57 Å². The zero-order chi connectivity index (χ0) is 24.0. The first kappa shape index (κ1) is 23.4. The van der Waals surface area contributed by atoms with Crippen molar-refractivity contribution in [2.45, 2.75) is 6.54 Å². The molecular formula is C25H14Cl3FN2OS2. The molecule has 5 rings (SSSR count). The standard InChI is InChI=1S/C25H14Cl3FN2OS2/c26-18-5-3-6-19(27)17(18)13-30-12-14(16-4-1-2-7-22(16)30)10-23-24(32)31(25(33)34-23)15-8-9-21(29)20(28)11-15/h1-12H,13H2/b23-10-. The first-order valence-electron chi connectivity index (χ1n) is 10.1. The topological polar surface area (TPSA) is 25.2 Å². The maximum Gasteiger partial charge on any atom is 0.270 e. The third kappa shape index (κ3) is 4.25. The van der Waals surface area contributed by atoms with E-state index in [1.165, 1.54) is 34.9 Å². The minimum absolute atomic E-state index is 0.0724. The van der Waals surface area contributed by atoms with Crippen LogP contribution < -0.4 is 4.90 Å². The van der Waals surface area contributed by atoms with E-state index in [1.54, 1.807) is 0 Å². The molecule has 1 fully saturated rings. The Balaban J connectivity index is 1.54. The summed E-state index contributed by atoms with van der Waals surface area (Å²) in [6.07, 6.45) is 3.78. The number of thiocarbonyl (C=S) groups is 1. The highest BCUT2D eigenvalue weighted by atomic mass is 35.5. The van der Waals surface area contributed by atoms with Gasteiger partial charge in [0.25, 0.3) is 5.91 Å². The Morgan fingerprint density at radius 3 is 2.44 bits per heavy atom. The third-order valence-electron chi connectivity index (χ3n) is 5.45. The molecule has 9 heteroatoms. The summed E-state index contributed by atoms with van der Waals surface area (Å²) in [5, 5.41) is 2.08. The molecule has 1 aliphatic heterocycles. The van der Waals surface area contributed by atoms with E-state index in [4.69, 9.17) is 47.0 Å². The monoisotopic (exact) mass is 546 g/mol. The average Bonchev–Trinajstić information content (AvgIpc) is 3.29. The molecule has 0 aliphatic carbocycles. The fourth-order valence-electron chi connectivity index (χ4n) is 3.83. The third-order valence-corrected chi connectivity index (χ3v) is 7.75. The van der Waals surface area contributed by atoms with E-state index in [2.05, 4.69) is 4.57 Å². The molecular weight excluding hydrogens is 534 g/mol. The zero-order valence-corrected chi connectivity index (χ0v) is 21.2. The van der Waals surface area contributed by atoms with E-state index in [9.17, 15) is 9.18 Å². The van der Waals surface area contributed by atoms with Crippen molar-refractivity contribution in [2.75, 3.05) is 4.90 Å². The van der Waals surface area contributed by atoms with Gasteiger partial charge in [-0.05, 0) is 42.5 Å². The van der Waals surface area contributed by atoms with E-state index in [0.29, 0.717) is 31.5 Å². The number of hydrogen-bond acceptors (Lipinski definition) is 3. The second kappa shape index (κ2) is 9.36. The first-order chi connectivity index (χ1) is 16.3. The Morgan fingerprint density at radius 1 is 0.971 bits per heavy atom. The van der Waals surface area contributed by atoms with E-state index >= 15 is 0 Å². The number of thioether (sulfide) groups is 1. The normalized spacial score (nSPS) is 15.2. The van der Waals surface area contributed by atoms with Crippen molar-refractivity contribution in [2.24, 2.45) is 0 Å². The van der Waals surface area contributed by atoms with Gasteiger partial charge in [0, 0.05) is 38.3 Å². The zero-order valence-electron chi connectivity index (χ0n) is 17.3. The van der Waals surface area contributed by atoms with Crippen LogP contribution in [0, 0.1) is 5.82 Å². The maximum absolute atomic E-state index is 13.6. The summed E-state index contributed by atoms with van der Waals surface area (Å²) in [5.41, 5.74) is 3.08. The Labute approximate surface area is 219 Å². The molecule has 0 saturated carbocycles. The summed E-state index contributed by atoms with van der Waals surface area (Å²) >= 11 is 25.3. The highest BCUT2D eigenvalue weighted by Gasteiger charge is 2.34. The molecule has 34 heavy (non-hydrogen) atoms. The van der Waals surface area contributed by atoms with Crippen molar-refractivity contribution in [3.63, 3.8) is 0 Å². The van der Waals surface area contributed by atoms with E-state index in [0.717, 1.165) is 22.0 Å². The summed E-state index contributed by atoms with van der Waals surface area (Å²) in [4.78, 5) is 15.0. The molecule has 3 nitrogen and oxygen atoms in total. The predicted molar refractivity (Wildman–Crippen MR) is 145 cm³/mol. The SMILES string of the molecule is O=C1/C(=C/c2cn(Cc3c(Cl)cccc3Cl)c3ccccc23)SC(=S)N1c1ccc(F)c(Cl)c1. The maximum atomic E-state index is 13.6. The van der Waals surface area contributed by atoms with Crippen LogP contribution in [0.5, 0.6) is 0 Å². The van der Waals surface area contributed by atoms with Crippen LogP contribution in [0.4, 0.5) is 10.1 Å². The average molecular weight is 548 g/mol. The number of para-hydroxylation sites is 1. The van der Waals surface area contributed by atoms with Crippen molar-refractivity contribution >= 4 is 91.7 Å². The summed E-state index contributed by atoms with van der Waals surface area (Å²) in [5.74, 6) is -0.846. The summed E-state index contributed by atoms with van der Waals surface area (Å²) < 4.78 is 16.0. The number of halogens is 4. The lowest BCUT2D eigenvalue weighted by atomic mass is 10.1. The number of anilines is 1. The van der Waals surface area contributed by atoms with Crippen molar-refractivity contribution < 1.29 is 9.18 Å². The molecule has 3 aromatic carbocycles. The number of rotatable bonds is 4. The summed E-state index contributed by atoms with van der Waals surface area (Å²) in [7, 11) is 0. The highest BCUT2D eigenvalue weighted by Crippen LogP contribution is 2.38. The number of aromatic nitrogens is 1. The van der Waals surface area contributed by atoms with Crippen LogP contribution >= 0.6 is 58.8 Å². The van der Waals surface area contributed by atoms with E-state index in [1.807, 2.05) is 54.7 Å². The van der Waals surface area contributed by atoms with Crippen molar-refractivity contribution in [1.82, 2.24) is 4.57 Å². The van der Waals surface area contributed by atoms with Crippen LogP contribution in [0.3, 0.4) is 0 Å². The molecule has 4 aromatic rings. The van der Waals surface area contributed by atoms with Gasteiger partial charge in [-0.1, -0.05) is 83.0 Å². The van der Waals surface area contributed by atoms with Crippen LogP contribution in [0.25, 0.3) is 17.0 Å². The molecule has 0 radical (unpaired) electrons. The molecule has 0 N–H and O–H groups in total. The van der Waals surface area contributed by atoms with Crippen LogP contribution in [0.1, 0.15) is 11.1 Å². The smallest absolute Gasteiger partial charge is 0.270 e. The van der Waals surface area contributed by atoms with Gasteiger partial charge in [-0.3, -0.25) is 9.69 Å². The first-order valence-corrected chi connectivity index (χ1v) is 12.4. The van der Waals surface area contributed by atoms with Gasteiger partial charge in [-0.25, -0.2) is 4.39 Å². The summed E-state index contributed by atoms with van der Waals surface area (Å²) in [6.45, 7) is 0.474. The fourth-order valence-corrected chi connectivity index (χ4v) is 5.81. The number of fused-ring (bicyclic) bond motifs is 1. The Kier molecular flexibility index (Phi) is 6.44. The molecule has 0 bridgehead atoms. The molecule has 0 spiro atoms. The molecule has 1 aliphatic rings. The Morgan fingerprint density at radius 2 is 1.71 bits per heavy atom. The van der Waals surface area contributed by atoms with Crippen LogP contribution in [0.15, 0.2) is 71.8 Å². The van der Waals surface area contributed by atoms with Crippen LogP contribution in [-0.4, -0.2) is 14.8 Å². The lowest BCUT2D eigenvalue weighted by Crippen LogP contribution is -2.27. The minimum Gasteiger partial charge on any atom is -0.342 e. The lowest BCUT2D eigenvalue weighted by Gasteiger charge is -2.14. The molecule has 1 aromatic heterocycles. The van der Waals surface area contributed by atoms with Gasteiger partial charge in [0.1, 0.15) is 5.82 Å². The molecule has 1 amide bonds. The van der Waals surface area contributed by atoms with Gasteiger partial charge in [-0.15, -0.1) is 0 Å². The number of nitrogens with zero attached hydrogens (tertiary/aromatic N) is 2. The second-order valence-corrected chi connectivity index (χ2v) is 10.4. The number of hydrogen-bond donors (Lipinski definition) is 0. The van der Waals surface area contributed by atoms with Gasteiger partial charge >= 0.3 is 0 Å².